The second-order valence-electron chi connectivity index (χ2n) is 12.1. The molecule has 266 valence electrons. The Morgan fingerprint density at radius 2 is 0.608 bits per heavy atom. The van der Waals surface area contributed by atoms with Gasteiger partial charge in [0.25, 0.3) is 0 Å². The molecular formula is C49H60N2. The van der Waals surface area contributed by atoms with Crippen LogP contribution in [0.25, 0.3) is 11.1 Å². The van der Waals surface area contributed by atoms with Crippen molar-refractivity contribution in [3.63, 3.8) is 0 Å². The molecule has 0 saturated carbocycles. The van der Waals surface area contributed by atoms with Gasteiger partial charge in [-0.15, -0.1) is 0 Å². The van der Waals surface area contributed by atoms with Crippen LogP contribution in [0.1, 0.15) is 91.5 Å². The molecule has 0 unspecified atom stereocenters. The normalized spacial score (nSPS) is 11.3. The Morgan fingerprint density at radius 3 is 0.922 bits per heavy atom. The molecule has 0 radical (unpaired) electrons. The molecule has 0 N–H and O–H groups in total. The van der Waals surface area contributed by atoms with Gasteiger partial charge in [-0.1, -0.05) is 153 Å². The van der Waals surface area contributed by atoms with Crippen LogP contribution in [0.2, 0.25) is 0 Å². The zero-order chi connectivity index (χ0) is 37.6. The van der Waals surface area contributed by atoms with Gasteiger partial charge in [-0.05, 0) is 109 Å². The molecule has 2 heteroatoms. The first-order valence-electron chi connectivity index (χ1n) is 19.0. The molecule has 0 atom stereocenters. The van der Waals surface area contributed by atoms with Crippen molar-refractivity contribution >= 4 is 34.1 Å². The van der Waals surface area contributed by atoms with Crippen molar-refractivity contribution in [2.75, 3.05) is 9.80 Å². The van der Waals surface area contributed by atoms with E-state index in [1.54, 1.807) is 0 Å². The number of hydrogen-bond acceptors (Lipinski definition) is 2. The molecule has 0 amide bonds. The average Bonchev–Trinajstić information content (AvgIpc) is 3.42. The van der Waals surface area contributed by atoms with E-state index in [1.807, 2.05) is 55.4 Å². The summed E-state index contributed by atoms with van der Waals surface area (Å²) >= 11 is 0. The lowest BCUT2D eigenvalue weighted by Crippen LogP contribution is -2.17. The monoisotopic (exact) mass is 676 g/mol. The lowest BCUT2D eigenvalue weighted by molar-refractivity contribution is 0.660. The third kappa shape index (κ3) is 8.81. The van der Waals surface area contributed by atoms with Gasteiger partial charge in [-0.3, -0.25) is 0 Å². The van der Waals surface area contributed by atoms with Gasteiger partial charge < -0.3 is 9.80 Å². The highest BCUT2D eigenvalue weighted by atomic mass is 15.1. The third-order valence-electron chi connectivity index (χ3n) is 8.77. The number of anilines is 6. The molecule has 1 aliphatic rings. The highest BCUT2D eigenvalue weighted by Crippen LogP contribution is 2.52. The largest absolute Gasteiger partial charge is 0.310 e. The van der Waals surface area contributed by atoms with Crippen LogP contribution >= 0.6 is 0 Å². The maximum atomic E-state index is 2.40. The standard InChI is InChI=1S/C41H36N2.4C2H6/c1-29-15-19-33(20-16-29)42(31-11-7-5-8-12-31)35-23-25-37-38-26-24-36(28-40(38)41(3,4)39(37)27-35)43(32-13-9-6-10-14-32)34-21-17-30(2)18-22-34;4*1-2/h5-28H,1-4H3;4*1-2H3. The Bertz CT molecular complexity index is 1750. The fourth-order valence-corrected chi connectivity index (χ4v) is 6.43. The maximum absolute atomic E-state index is 2.40. The van der Waals surface area contributed by atoms with Crippen LogP contribution in [-0.2, 0) is 5.41 Å². The van der Waals surface area contributed by atoms with Gasteiger partial charge in [0, 0.05) is 39.5 Å². The van der Waals surface area contributed by atoms with E-state index >= 15 is 0 Å². The molecule has 0 heterocycles. The quantitative estimate of drug-likeness (QED) is 0.173. The second-order valence-corrected chi connectivity index (χ2v) is 12.1. The van der Waals surface area contributed by atoms with Gasteiger partial charge in [-0.2, -0.15) is 0 Å². The first-order chi connectivity index (χ1) is 24.9. The summed E-state index contributed by atoms with van der Waals surface area (Å²) in [5, 5.41) is 0. The molecule has 1 aliphatic carbocycles. The Labute approximate surface area is 310 Å². The highest BCUT2D eigenvalue weighted by molar-refractivity contribution is 5.88. The minimum Gasteiger partial charge on any atom is -0.310 e. The van der Waals surface area contributed by atoms with Crippen LogP contribution in [0.15, 0.2) is 146 Å². The van der Waals surface area contributed by atoms with Crippen molar-refractivity contribution in [2.45, 2.75) is 88.5 Å². The first kappa shape index (κ1) is 40.4. The van der Waals surface area contributed by atoms with Crippen molar-refractivity contribution < 1.29 is 0 Å². The van der Waals surface area contributed by atoms with Crippen LogP contribution in [0.3, 0.4) is 0 Å². The minimum absolute atomic E-state index is 0.165. The molecular weight excluding hydrogens is 617 g/mol. The van der Waals surface area contributed by atoms with Crippen LogP contribution in [0.5, 0.6) is 0 Å². The van der Waals surface area contributed by atoms with Gasteiger partial charge in [0.2, 0.25) is 0 Å². The zero-order valence-corrected chi connectivity index (χ0v) is 33.3. The van der Waals surface area contributed by atoms with E-state index in [-0.39, 0.29) is 5.41 Å². The molecule has 6 aromatic carbocycles. The van der Waals surface area contributed by atoms with Crippen molar-refractivity contribution in [3.05, 3.63) is 168 Å². The number of benzene rings is 6. The fourth-order valence-electron chi connectivity index (χ4n) is 6.43. The average molecular weight is 677 g/mol. The highest BCUT2D eigenvalue weighted by Gasteiger charge is 2.36. The summed E-state index contributed by atoms with van der Waals surface area (Å²) in [4.78, 5) is 4.72. The summed E-state index contributed by atoms with van der Waals surface area (Å²) in [6.45, 7) is 25.0. The molecule has 0 fully saturated rings. The molecule has 0 aliphatic heterocycles. The van der Waals surface area contributed by atoms with E-state index in [1.165, 1.54) is 44.8 Å². The number of aryl methyl sites for hydroxylation is 2. The number of fused-ring (bicyclic) bond motifs is 3. The number of nitrogens with zero attached hydrogens (tertiary/aromatic N) is 2. The smallest absolute Gasteiger partial charge is 0.0465 e. The number of rotatable bonds is 6. The number of para-hydroxylation sites is 2. The minimum atomic E-state index is -0.165. The summed E-state index contributed by atoms with van der Waals surface area (Å²) in [7, 11) is 0. The lowest BCUT2D eigenvalue weighted by atomic mass is 9.82. The van der Waals surface area contributed by atoms with Crippen molar-refractivity contribution in [2.24, 2.45) is 0 Å². The van der Waals surface area contributed by atoms with Gasteiger partial charge in [0.15, 0.2) is 0 Å². The van der Waals surface area contributed by atoms with E-state index in [0.29, 0.717) is 0 Å². The van der Waals surface area contributed by atoms with Gasteiger partial charge in [-0.25, -0.2) is 0 Å². The summed E-state index contributed by atoms with van der Waals surface area (Å²) in [6.07, 6.45) is 0. The van der Waals surface area contributed by atoms with Crippen LogP contribution in [0, 0.1) is 13.8 Å². The molecule has 7 rings (SSSR count). The predicted octanol–water partition coefficient (Wildman–Crippen LogP) is 15.7. The molecule has 2 nitrogen and oxygen atoms in total. The Morgan fingerprint density at radius 1 is 0.333 bits per heavy atom. The van der Waals surface area contributed by atoms with Crippen LogP contribution in [-0.4, -0.2) is 0 Å². The van der Waals surface area contributed by atoms with E-state index in [4.69, 9.17) is 0 Å². The zero-order valence-electron chi connectivity index (χ0n) is 33.3. The van der Waals surface area contributed by atoms with E-state index in [2.05, 4.69) is 183 Å². The van der Waals surface area contributed by atoms with Crippen molar-refractivity contribution in [1.82, 2.24) is 0 Å². The predicted molar refractivity (Wildman–Crippen MR) is 228 cm³/mol. The van der Waals surface area contributed by atoms with Crippen molar-refractivity contribution in [3.8, 4) is 11.1 Å². The molecule has 0 saturated heterocycles. The fraction of sp³-hybridized carbons (Fsp3) is 0.265. The Hall–Kier alpha value is -5.08. The van der Waals surface area contributed by atoms with E-state index in [9.17, 15) is 0 Å². The van der Waals surface area contributed by atoms with E-state index in [0.717, 1.165) is 22.7 Å². The second kappa shape index (κ2) is 19.3. The lowest BCUT2D eigenvalue weighted by Gasteiger charge is -2.29. The van der Waals surface area contributed by atoms with Crippen LogP contribution < -0.4 is 9.80 Å². The Balaban J connectivity index is 0.000000822. The number of hydrogen-bond donors (Lipinski definition) is 0. The first-order valence-corrected chi connectivity index (χ1v) is 19.0. The topological polar surface area (TPSA) is 6.48 Å². The molecule has 0 aromatic heterocycles. The maximum Gasteiger partial charge on any atom is 0.0465 e. The van der Waals surface area contributed by atoms with Gasteiger partial charge in [0.05, 0.1) is 0 Å². The molecule has 0 spiro atoms. The van der Waals surface area contributed by atoms with Crippen molar-refractivity contribution in [1.29, 1.82) is 0 Å². The SMILES string of the molecule is CC.CC.CC.CC.Cc1ccc(N(c2ccccc2)c2ccc3c(c2)C(C)(C)c2cc(N(c4ccccc4)c4ccc(C)cc4)ccc2-3)cc1. The van der Waals surface area contributed by atoms with Gasteiger partial charge >= 0.3 is 0 Å². The molecule has 51 heavy (non-hydrogen) atoms. The summed E-state index contributed by atoms with van der Waals surface area (Å²) in [5.74, 6) is 0. The summed E-state index contributed by atoms with van der Waals surface area (Å²) in [5.41, 5.74) is 14.6. The molecule has 6 aromatic rings. The summed E-state index contributed by atoms with van der Waals surface area (Å²) in [6, 6.07) is 52.9. The van der Waals surface area contributed by atoms with E-state index < -0.39 is 0 Å². The van der Waals surface area contributed by atoms with Gasteiger partial charge in [0.1, 0.15) is 0 Å². The summed E-state index contributed by atoms with van der Waals surface area (Å²) < 4.78 is 0. The Kier molecular flexibility index (Phi) is 15.3. The van der Waals surface area contributed by atoms with Crippen LogP contribution in [0.4, 0.5) is 34.1 Å². The molecule has 0 bridgehead atoms. The third-order valence-corrected chi connectivity index (χ3v) is 8.77.